The molecule has 0 spiro atoms. The maximum Gasteiger partial charge on any atom is 0.175 e. The third-order valence-electron chi connectivity index (χ3n) is 3.88. The van der Waals surface area contributed by atoms with Crippen LogP contribution in [0.25, 0.3) is 0 Å². The van der Waals surface area contributed by atoms with Gasteiger partial charge in [-0.1, -0.05) is 0 Å². The second-order valence-corrected chi connectivity index (χ2v) is 6.17. The molecule has 3 heterocycles. The average Bonchev–Trinajstić information content (AvgIpc) is 3.31. The van der Waals surface area contributed by atoms with Gasteiger partial charge in [0, 0.05) is 31.1 Å². The Labute approximate surface area is 156 Å². The van der Waals surface area contributed by atoms with Crippen LogP contribution in [0.1, 0.15) is 18.2 Å². The Kier molecular flexibility index (Phi) is 5.64. The van der Waals surface area contributed by atoms with E-state index in [9.17, 15) is 0 Å². The summed E-state index contributed by atoms with van der Waals surface area (Å²) < 4.78 is 10.5. The quantitative estimate of drug-likeness (QED) is 0.612. The van der Waals surface area contributed by atoms with Crippen molar-refractivity contribution >= 4 is 28.7 Å². The monoisotopic (exact) mass is 374 g/mol. The number of anilines is 2. The van der Waals surface area contributed by atoms with Gasteiger partial charge in [-0.2, -0.15) is 15.3 Å². The van der Waals surface area contributed by atoms with E-state index in [4.69, 9.17) is 17.0 Å². The van der Waals surface area contributed by atoms with E-state index in [2.05, 4.69) is 39.8 Å². The average molecular weight is 374 g/mol. The number of aromatic nitrogens is 6. The normalized spacial score (nSPS) is 10.9. The third kappa shape index (κ3) is 4.27. The van der Waals surface area contributed by atoms with E-state index in [1.165, 1.54) is 0 Å². The highest BCUT2D eigenvalue weighted by Gasteiger charge is 2.08. The van der Waals surface area contributed by atoms with Gasteiger partial charge in [0.25, 0.3) is 0 Å². The van der Waals surface area contributed by atoms with Gasteiger partial charge in [-0.3, -0.25) is 9.36 Å². The molecule has 3 aromatic heterocycles. The third-order valence-corrected chi connectivity index (χ3v) is 4.08. The molecule has 0 unspecified atom stereocenters. The molecular formula is C16H22N8OS. The highest BCUT2D eigenvalue weighted by molar-refractivity contribution is 7.80. The molecule has 0 aliphatic rings. The summed E-state index contributed by atoms with van der Waals surface area (Å²) >= 11 is 5.33. The summed E-state index contributed by atoms with van der Waals surface area (Å²) in [4.78, 5) is 0. The Hall–Kier alpha value is -2.72. The van der Waals surface area contributed by atoms with Crippen molar-refractivity contribution in [1.82, 2.24) is 29.3 Å². The lowest BCUT2D eigenvalue weighted by molar-refractivity contribution is 0.120. The number of methoxy groups -OCH3 is 1. The van der Waals surface area contributed by atoms with Crippen LogP contribution in [-0.2, 0) is 24.6 Å². The van der Waals surface area contributed by atoms with Crippen molar-refractivity contribution in [3.8, 4) is 0 Å². The molecule has 0 radical (unpaired) electrons. The lowest BCUT2D eigenvalue weighted by Crippen LogP contribution is -2.18. The van der Waals surface area contributed by atoms with E-state index in [-0.39, 0.29) is 0 Å². The maximum absolute atomic E-state index is 5.33. The molecule has 10 heteroatoms. The Balaban J connectivity index is 1.57. The number of thiocarbonyl (C=S) groups is 1. The Bertz CT molecular complexity index is 881. The van der Waals surface area contributed by atoms with Crippen molar-refractivity contribution < 1.29 is 4.74 Å². The van der Waals surface area contributed by atoms with Crippen molar-refractivity contribution in [3.05, 3.63) is 42.2 Å². The minimum absolute atomic E-state index is 0.392. The molecule has 0 atom stereocenters. The smallest absolute Gasteiger partial charge is 0.175 e. The fourth-order valence-electron chi connectivity index (χ4n) is 2.57. The fourth-order valence-corrected chi connectivity index (χ4v) is 2.81. The van der Waals surface area contributed by atoms with E-state index in [0.717, 1.165) is 29.2 Å². The van der Waals surface area contributed by atoms with Crippen LogP contribution in [0.2, 0.25) is 0 Å². The molecule has 0 bridgehead atoms. The molecular weight excluding hydrogens is 352 g/mol. The van der Waals surface area contributed by atoms with E-state index in [1.54, 1.807) is 24.2 Å². The highest BCUT2D eigenvalue weighted by atomic mass is 32.1. The molecule has 138 valence electrons. The van der Waals surface area contributed by atoms with Crippen molar-refractivity contribution in [3.63, 3.8) is 0 Å². The van der Waals surface area contributed by atoms with Crippen LogP contribution in [0.3, 0.4) is 0 Å². The highest BCUT2D eigenvalue weighted by Crippen LogP contribution is 2.12. The van der Waals surface area contributed by atoms with Gasteiger partial charge in [0.15, 0.2) is 5.11 Å². The first-order chi connectivity index (χ1) is 12.6. The summed E-state index contributed by atoms with van der Waals surface area (Å²) in [7, 11) is 1.62. The topological polar surface area (TPSA) is 86.8 Å². The molecule has 0 saturated heterocycles. The molecule has 0 saturated carbocycles. The SMILES string of the molecule is CCn1ncc(Cn2cc(NC(=S)Nc3cnn(COC)c3)cn2)c1C. The lowest BCUT2D eigenvalue weighted by Gasteiger charge is -2.06. The number of ether oxygens (including phenoxy) is 1. The second-order valence-electron chi connectivity index (χ2n) is 5.76. The maximum atomic E-state index is 5.33. The number of nitrogens with one attached hydrogen (secondary N) is 2. The second kappa shape index (κ2) is 8.11. The first-order valence-electron chi connectivity index (χ1n) is 8.22. The van der Waals surface area contributed by atoms with E-state index in [0.29, 0.717) is 18.4 Å². The van der Waals surface area contributed by atoms with Gasteiger partial charge in [-0.05, 0) is 26.1 Å². The van der Waals surface area contributed by atoms with Gasteiger partial charge in [0.2, 0.25) is 0 Å². The van der Waals surface area contributed by atoms with Crippen LogP contribution >= 0.6 is 12.2 Å². The minimum atomic E-state index is 0.392. The molecule has 9 nitrogen and oxygen atoms in total. The zero-order valence-corrected chi connectivity index (χ0v) is 15.8. The molecule has 0 fully saturated rings. The van der Waals surface area contributed by atoms with Crippen LogP contribution < -0.4 is 10.6 Å². The molecule has 3 aromatic rings. The minimum Gasteiger partial charge on any atom is -0.362 e. The number of aryl methyl sites for hydroxylation is 1. The van der Waals surface area contributed by atoms with Crippen molar-refractivity contribution in [2.45, 2.75) is 33.7 Å². The number of rotatable bonds is 7. The first kappa shape index (κ1) is 18.1. The van der Waals surface area contributed by atoms with Gasteiger partial charge in [0.1, 0.15) is 6.73 Å². The number of hydrogen-bond donors (Lipinski definition) is 2. The predicted molar refractivity (Wildman–Crippen MR) is 103 cm³/mol. The van der Waals surface area contributed by atoms with E-state index >= 15 is 0 Å². The summed E-state index contributed by atoms with van der Waals surface area (Å²) in [6, 6.07) is 0. The first-order valence-corrected chi connectivity index (χ1v) is 8.63. The summed E-state index contributed by atoms with van der Waals surface area (Å²) in [6.45, 7) is 6.06. The van der Waals surface area contributed by atoms with Crippen LogP contribution in [0.15, 0.2) is 31.0 Å². The van der Waals surface area contributed by atoms with E-state index in [1.807, 2.05) is 28.0 Å². The van der Waals surface area contributed by atoms with Crippen LogP contribution in [0.4, 0.5) is 11.4 Å². The van der Waals surface area contributed by atoms with Gasteiger partial charge < -0.3 is 15.4 Å². The molecule has 0 aromatic carbocycles. The molecule has 0 aliphatic carbocycles. The molecule has 2 N–H and O–H groups in total. The predicted octanol–water partition coefficient (Wildman–Crippen LogP) is 2.07. The van der Waals surface area contributed by atoms with Crippen molar-refractivity contribution in [2.24, 2.45) is 0 Å². The van der Waals surface area contributed by atoms with Gasteiger partial charge in [-0.25, -0.2) is 4.68 Å². The molecule has 3 rings (SSSR count). The van der Waals surface area contributed by atoms with Crippen molar-refractivity contribution in [1.29, 1.82) is 0 Å². The summed E-state index contributed by atoms with van der Waals surface area (Å²) in [5.74, 6) is 0. The fraction of sp³-hybridized carbons (Fsp3) is 0.375. The number of nitrogens with zero attached hydrogens (tertiary/aromatic N) is 6. The van der Waals surface area contributed by atoms with Crippen LogP contribution in [-0.4, -0.2) is 41.6 Å². The molecule has 0 amide bonds. The molecule has 26 heavy (non-hydrogen) atoms. The standard InChI is InChI=1S/C16H22N8OS/c1-4-24-12(2)13(5-19-24)8-22-9-14(6-17-22)20-16(26)21-15-7-18-23(10-15)11-25-3/h5-7,9-10H,4,8,11H2,1-3H3,(H2,20,21,26). The van der Waals surface area contributed by atoms with Gasteiger partial charge >= 0.3 is 0 Å². The molecule has 0 aliphatic heterocycles. The number of hydrogen-bond acceptors (Lipinski definition) is 5. The van der Waals surface area contributed by atoms with Gasteiger partial charge in [0.05, 0.1) is 42.7 Å². The van der Waals surface area contributed by atoms with Gasteiger partial charge in [-0.15, -0.1) is 0 Å². The Morgan fingerprint density at radius 3 is 2.35 bits per heavy atom. The zero-order valence-electron chi connectivity index (χ0n) is 15.0. The lowest BCUT2D eigenvalue weighted by atomic mass is 10.2. The summed E-state index contributed by atoms with van der Waals surface area (Å²) in [5, 5.41) is 19.5. The van der Waals surface area contributed by atoms with Crippen LogP contribution in [0.5, 0.6) is 0 Å². The van der Waals surface area contributed by atoms with Crippen molar-refractivity contribution in [2.75, 3.05) is 17.7 Å². The van der Waals surface area contributed by atoms with Crippen LogP contribution in [0, 0.1) is 6.92 Å². The Morgan fingerprint density at radius 2 is 1.73 bits per heavy atom. The summed E-state index contributed by atoms with van der Waals surface area (Å²) in [6.07, 6.45) is 9.03. The summed E-state index contributed by atoms with van der Waals surface area (Å²) in [5.41, 5.74) is 3.90. The van der Waals surface area contributed by atoms with E-state index < -0.39 is 0 Å². The zero-order chi connectivity index (χ0) is 18.5. The largest absolute Gasteiger partial charge is 0.362 e. The Morgan fingerprint density at radius 1 is 1.08 bits per heavy atom.